The maximum absolute atomic E-state index is 13.2. The summed E-state index contributed by atoms with van der Waals surface area (Å²) in [5.41, 5.74) is 10.1. The van der Waals surface area contributed by atoms with Crippen molar-refractivity contribution in [1.82, 2.24) is 0 Å². The van der Waals surface area contributed by atoms with Gasteiger partial charge in [0.15, 0.2) is 0 Å². The van der Waals surface area contributed by atoms with Crippen LogP contribution < -0.4 is 11.5 Å². The van der Waals surface area contributed by atoms with Crippen LogP contribution in [0, 0.1) is 11.0 Å². The van der Waals surface area contributed by atoms with Crippen LogP contribution in [0.2, 0.25) is 0 Å². The Balaban J connectivity index is 2.95. The standard InChI is InChI=1S/C8H8BrFN4O/c9-6-2-1-5(7(10)3-6)4-13-14(15)8(11)12/h1-4H,11-12H2. The van der Waals surface area contributed by atoms with Gasteiger partial charge in [0.2, 0.25) is 0 Å². The highest BCUT2D eigenvalue weighted by Gasteiger charge is 1.99. The molecule has 1 aromatic rings. The molecule has 0 aliphatic carbocycles. The predicted octanol–water partition coefficient (Wildman–Crippen LogP) is 0.706. The van der Waals surface area contributed by atoms with Crippen molar-refractivity contribution in [2.75, 3.05) is 0 Å². The van der Waals surface area contributed by atoms with E-state index in [9.17, 15) is 9.60 Å². The third-order valence-corrected chi connectivity index (χ3v) is 1.98. The van der Waals surface area contributed by atoms with E-state index in [0.29, 0.717) is 4.47 Å². The van der Waals surface area contributed by atoms with Gasteiger partial charge in [-0.2, -0.15) is 0 Å². The molecule has 0 aliphatic heterocycles. The normalized spacial score (nSPS) is 10.5. The Hall–Kier alpha value is -1.63. The third-order valence-electron chi connectivity index (χ3n) is 1.49. The Kier molecular flexibility index (Phi) is 3.62. The number of rotatable bonds is 2. The van der Waals surface area contributed by atoms with Crippen molar-refractivity contribution < 1.29 is 9.24 Å². The maximum atomic E-state index is 13.2. The van der Waals surface area contributed by atoms with Crippen LogP contribution in [0.25, 0.3) is 0 Å². The molecule has 0 fully saturated rings. The Labute approximate surface area is 93.6 Å². The van der Waals surface area contributed by atoms with Gasteiger partial charge in [-0.3, -0.25) is 11.5 Å². The molecular formula is C8H8BrFN4O. The van der Waals surface area contributed by atoms with Crippen LogP contribution in [0.15, 0.2) is 27.8 Å². The molecular weight excluding hydrogens is 267 g/mol. The Morgan fingerprint density at radius 2 is 2.20 bits per heavy atom. The minimum absolute atomic E-state index is 0.00147. The molecule has 7 heteroatoms. The molecule has 0 aromatic heterocycles. The number of hydrogen-bond donors (Lipinski definition) is 2. The Morgan fingerprint density at radius 1 is 1.53 bits per heavy atom. The molecule has 0 unspecified atom stereocenters. The number of halogens is 2. The summed E-state index contributed by atoms with van der Waals surface area (Å²) in [7, 11) is 0. The lowest BCUT2D eigenvalue weighted by atomic mass is 10.2. The summed E-state index contributed by atoms with van der Waals surface area (Å²) in [6.07, 6.45) is 1.04. The molecule has 0 radical (unpaired) electrons. The number of nitrogens with two attached hydrogens (primary N) is 2. The monoisotopic (exact) mass is 274 g/mol. The number of benzene rings is 1. The van der Waals surface area contributed by atoms with E-state index in [-0.39, 0.29) is 10.4 Å². The molecule has 0 heterocycles. The fourth-order valence-corrected chi connectivity index (χ4v) is 1.12. The summed E-state index contributed by atoms with van der Waals surface area (Å²) >= 11 is 3.10. The number of hydrazone groups is 1. The zero-order chi connectivity index (χ0) is 11.4. The van der Waals surface area contributed by atoms with Crippen molar-refractivity contribution >= 4 is 28.1 Å². The Morgan fingerprint density at radius 3 is 2.73 bits per heavy atom. The first-order valence-corrected chi connectivity index (χ1v) is 4.64. The smallest absolute Gasteiger partial charge is 0.366 e. The molecule has 0 aliphatic rings. The average Bonchev–Trinajstić information content (AvgIpc) is 2.15. The van der Waals surface area contributed by atoms with E-state index >= 15 is 0 Å². The molecule has 0 bridgehead atoms. The van der Waals surface area contributed by atoms with Gasteiger partial charge in [-0.15, -0.1) is 9.95 Å². The van der Waals surface area contributed by atoms with Gasteiger partial charge in [-0.1, -0.05) is 15.9 Å². The van der Waals surface area contributed by atoms with Crippen molar-refractivity contribution in [2.45, 2.75) is 0 Å². The van der Waals surface area contributed by atoms with Crippen LogP contribution in [0.1, 0.15) is 5.56 Å². The van der Waals surface area contributed by atoms with Crippen LogP contribution in [0.5, 0.6) is 0 Å². The van der Waals surface area contributed by atoms with Gasteiger partial charge >= 0.3 is 5.96 Å². The van der Waals surface area contributed by atoms with Gasteiger partial charge in [0, 0.05) is 10.0 Å². The number of guanidine groups is 1. The quantitative estimate of drug-likeness (QED) is 0.274. The van der Waals surface area contributed by atoms with Gasteiger partial charge in [-0.05, 0) is 18.2 Å². The second kappa shape index (κ2) is 4.74. The molecule has 0 amide bonds. The van der Waals surface area contributed by atoms with Crippen molar-refractivity contribution in [3.63, 3.8) is 0 Å². The summed E-state index contributed by atoms with van der Waals surface area (Å²) in [6, 6.07) is 4.34. The summed E-state index contributed by atoms with van der Waals surface area (Å²) in [5.74, 6) is -1.01. The average molecular weight is 275 g/mol. The van der Waals surface area contributed by atoms with E-state index in [1.54, 1.807) is 6.07 Å². The lowest BCUT2D eigenvalue weighted by Gasteiger charge is -2.02. The van der Waals surface area contributed by atoms with E-state index in [0.717, 1.165) is 6.21 Å². The first-order chi connectivity index (χ1) is 7.00. The topological polar surface area (TPSA) is 90.5 Å². The lowest BCUT2D eigenvalue weighted by Crippen LogP contribution is -2.30. The predicted molar refractivity (Wildman–Crippen MR) is 58.7 cm³/mol. The van der Waals surface area contributed by atoms with Crippen LogP contribution >= 0.6 is 15.9 Å². The minimum Gasteiger partial charge on any atom is -0.722 e. The van der Waals surface area contributed by atoms with Crippen LogP contribution in [-0.4, -0.2) is 17.0 Å². The maximum Gasteiger partial charge on any atom is 0.366 e. The molecule has 80 valence electrons. The molecule has 0 spiro atoms. The zero-order valence-electron chi connectivity index (χ0n) is 7.52. The molecule has 1 aromatic carbocycles. The number of hydrogen-bond acceptors (Lipinski definition) is 2. The fraction of sp³-hybridized carbons (Fsp3) is 0. The highest BCUT2D eigenvalue weighted by molar-refractivity contribution is 9.10. The minimum atomic E-state index is -0.510. The van der Waals surface area contributed by atoms with E-state index in [1.807, 2.05) is 0 Å². The third kappa shape index (κ3) is 3.21. The summed E-state index contributed by atoms with van der Waals surface area (Å²) in [6.45, 7) is 0. The van der Waals surface area contributed by atoms with Crippen molar-refractivity contribution in [3.05, 3.63) is 39.3 Å². The fourth-order valence-electron chi connectivity index (χ4n) is 0.788. The summed E-state index contributed by atoms with van der Waals surface area (Å²) in [5, 5.41) is 14.1. The van der Waals surface area contributed by atoms with Crippen LogP contribution in [-0.2, 0) is 0 Å². The van der Waals surface area contributed by atoms with Gasteiger partial charge in [0.25, 0.3) is 0 Å². The van der Waals surface area contributed by atoms with Crippen molar-refractivity contribution in [3.8, 4) is 0 Å². The second-order valence-electron chi connectivity index (χ2n) is 2.61. The van der Waals surface area contributed by atoms with E-state index < -0.39 is 11.8 Å². The van der Waals surface area contributed by atoms with E-state index in [2.05, 4.69) is 21.0 Å². The highest BCUT2D eigenvalue weighted by Crippen LogP contribution is 2.13. The van der Waals surface area contributed by atoms with Gasteiger partial charge < -0.3 is 5.21 Å². The van der Waals surface area contributed by atoms with Crippen LogP contribution in [0.4, 0.5) is 4.39 Å². The molecule has 4 N–H and O–H groups in total. The largest absolute Gasteiger partial charge is 0.722 e. The molecule has 0 atom stereocenters. The van der Waals surface area contributed by atoms with Gasteiger partial charge in [-0.25, -0.2) is 4.39 Å². The van der Waals surface area contributed by atoms with Gasteiger partial charge in [0.1, 0.15) is 5.82 Å². The summed E-state index contributed by atoms with van der Waals surface area (Å²) in [4.78, 5) is 0.00147. The molecule has 5 nitrogen and oxygen atoms in total. The molecule has 1 rings (SSSR count). The van der Waals surface area contributed by atoms with E-state index in [4.69, 9.17) is 11.5 Å². The van der Waals surface area contributed by atoms with Crippen molar-refractivity contribution in [1.29, 1.82) is 0 Å². The lowest BCUT2D eigenvalue weighted by molar-refractivity contribution is -0.463. The molecule has 0 saturated carbocycles. The summed E-state index contributed by atoms with van der Waals surface area (Å²) < 4.78 is 13.8. The first kappa shape index (κ1) is 11.4. The molecule has 15 heavy (non-hydrogen) atoms. The van der Waals surface area contributed by atoms with Crippen molar-refractivity contribution in [2.24, 2.45) is 16.6 Å². The first-order valence-electron chi connectivity index (χ1n) is 3.85. The zero-order valence-corrected chi connectivity index (χ0v) is 9.11. The van der Waals surface area contributed by atoms with Crippen LogP contribution in [0.3, 0.4) is 0 Å². The number of nitrogens with zero attached hydrogens (tertiary/aromatic N) is 2. The highest BCUT2D eigenvalue weighted by atomic mass is 79.9. The Bertz CT molecular complexity index is 429. The molecule has 0 saturated heterocycles. The SMILES string of the molecule is NC(N)=[N+]([O-])N=Cc1ccc(Br)cc1F. The van der Waals surface area contributed by atoms with Gasteiger partial charge in [0.05, 0.1) is 6.21 Å². The van der Waals surface area contributed by atoms with E-state index in [1.165, 1.54) is 12.1 Å². The second-order valence-corrected chi connectivity index (χ2v) is 3.52.